The number of thiophene rings is 1. The largest absolute Gasteiger partial charge is 0.324 e. The molecule has 0 spiro atoms. The number of nitrogens with one attached hydrogen (secondary N) is 1. The lowest BCUT2D eigenvalue weighted by atomic mass is 10.2. The molecule has 0 aliphatic heterocycles. The third-order valence-electron chi connectivity index (χ3n) is 2.58. The molecule has 2 rings (SSSR count). The second-order valence-electron chi connectivity index (χ2n) is 4.08. The van der Waals surface area contributed by atoms with E-state index < -0.39 is 10.8 Å². The van der Waals surface area contributed by atoms with Crippen molar-refractivity contribution in [2.75, 3.05) is 5.32 Å². The van der Waals surface area contributed by atoms with Gasteiger partial charge in [-0.25, -0.2) is 0 Å². The van der Waals surface area contributed by atoms with Gasteiger partial charge in [-0.05, 0) is 23.8 Å². The van der Waals surface area contributed by atoms with Gasteiger partial charge in [0.15, 0.2) is 0 Å². The fourth-order valence-corrected chi connectivity index (χ4v) is 2.44. The van der Waals surface area contributed by atoms with Crippen molar-refractivity contribution in [3.8, 4) is 6.07 Å². The highest BCUT2D eigenvalue weighted by molar-refractivity contribution is 7.13. The van der Waals surface area contributed by atoms with Gasteiger partial charge in [-0.3, -0.25) is 14.9 Å². The number of para-hydroxylation sites is 1. The van der Waals surface area contributed by atoms with Crippen LogP contribution >= 0.6 is 22.9 Å². The van der Waals surface area contributed by atoms with E-state index in [1.54, 1.807) is 30.3 Å². The molecule has 0 saturated carbocycles. The number of rotatable bonds is 4. The van der Waals surface area contributed by atoms with Crippen molar-refractivity contribution < 1.29 is 9.72 Å². The standard InChI is InChI=1S/C14H8ClN3O3S/c15-11-3-1-2-4-12(11)17-14(19)10(7-16)5-9-6-13(18(20)21)22-8-9/h1-6,8H,(H,17,19)/b10-5-. The summed E-state index contributed by atoms with van der Waals surface area (Å²) >= 11 is 6.85. The first-order valence-electron chi connectivity index (χ1n) is 5.92. The number of amides is 1. The molecule has 6 nitrogen and oxygen atoms in total. The first kappa shape index (κ1) is 15.7. The molecule has 0 bridgehead atoms. The lowest BCUT2D eigenvalue weighted by molar-refractivity contribution is -0.380. The average molecular weight is 334 g/mol. The molecular weight excluding hydrogens is 326 g/mol. The van der Waals surface area contributed by atoms with Crippen molar-refractivity contribution in [2.24, 2.45) is 0 Å². The zero-order valence-electron chi connectivity index (χ0n) is 10.9. The monoisotopic (exact) mass is 333 g/mol. The highest BCUT2D eigenvalue weighted by Gasteiger charge is 2.13. The maximum absolute atomic E-state index is 12.0. The zero-order chi connectivity index (χ0) is 16.1. The molecule has 22 heavy (non-hydrogen) atoms. The van der Waals surface area contributed by atoms with Crippen LogP contribution < -0.4 is 5.32 Å². The summed E-state index contributed by atoms with van der Waals surface area (Å²) in [4.78, 5) is 22.1. The predicted octanol–water partition coefficient (Wildman–Crippen LogP) is 3.86. The predicted molar refractivity (Wildman–Crippen MR) is 84.6 cm³/mol. The Morgan fingerprint density at radius 1 is 1.45 bits per heavy atom. The van der Waals surface area contributed by atoms with Crippen molar-refractivity contribution in [3.63, 3.8) is 0 Å². The number of benzene rings is 1. The van der Waals surface area contributed by atoms with E-state index in [1.165, 1.54) is 17.5 Å². The molecule has 0 fully saturated rings. The summed E-state index contributed by atoms with van der Waals surface area (Å²) in [6.45, 7) is 0. The van der Waals surface area contributed by atoms with Gasteiger partial charge < -0.3 is 5.32 Å². The second kappa shape index (κ2) is 6.85. The summed E-state index contributed by atoms with van der Waals surface area (Å²) < 4.78 is 0. The minimum absolute atomic E-state index is 0.0601. The van der Waals surface area contributed by atoms with Crippen LogP contribution in [0.3, 0.4) is 0 Å². The van der Waals surface area contributed by atoms with Crippen molar-refractivity contribution in [2.45, 2.75) is 0 Å². The summed E-state index contributed by atoms with van der Waals surface area (Å²) in [6, 6.07) is 9.68. The Morgan fingerprint density at radius 3 is 2.77 bits per heavy atom. The Labute approximate surface area is 134 Å². The maximum Gasteiger partial charge on any atom is 0.324 e. The first-order valence-corrected chi connectivity index (χ1v) is 7.17. The minimum atomic E-state index is -0.635. The molecule has 0 radical (unpaired) electrons. The maximum atomic E-state index is 12.0. The number of halogens is 1. The zero-order valence-corrected chi connectivity index (χ0v) is 12.5. The molecule has 1 heterocycles. The quantitative estimate of drug-likeness (QED) is 0.397. The molecule has 1 aromatic heterocycles. The van der Waals surface area contributed by atoms with Crippen LogP contribution in [0.1, 0.15) is 5.56 Å². The molecule has 0 aliphatic rings. The van der Waals surface area contributed by atoms with E-state index in [9.17, 15) is 14.9 Å². The Balaban J connectivity index is 2.22. The van der Waals surface area contributed by atoms with Crippen LogP contribution in [0.2, 0.25) is 5.02 Å². The first-order chi connectivity index (χ1) is 10.5. The molecule has 2 aromatic rings. The van der Waals surface area contributed by atoms with Crippen LogP contribution in [0.5, 0.6) is 0 Å². The van der Waals surface area contributed by atoms with Crippen molar-refractivity contribution in [1.82, 2.24) is 0 Å². The van der Waals surface area contributed by atoms with Gasteiger partial charge in [0, 0.05) is 11.4 Å². The number of nitro groups is 1. The Kier molecular flexibility index (Phi) is 4.88. The van der Waals surface area contributed by atoms with Crippen LogP contribution in [-0.2, 0) is 4.79 Å². The van der Waals surface area contributed by atoms with Crippen LogP contribution in [-0.4, -0.2) is 10.8 Å². The molecule has 0 unspecified atom stereocenters. The van der Waals surface area contributed by atoms with E-state index in [2.05, 4.69) is 5.32 Å². The highest BCUT2D eigenvalue weighted by atomic mass is 35.5. The topological polar surface area (TPSA) is 96.0 Å². The van der Waals surface area contributed by atoms with Gasteiger partial charge >= 0.3 is 5.00 Å². The summed E-state index contributed by atoms with van der Waals surface area (Å²) in [5, 5.41) is 24.0. The number of carbonyl (C=O) groups is 1. The van der Waals surface area contributed by atoms with Crippen molar-refractivity contribution in [1.29, 1.82) is 5.26 Å². The Morgan fingerprint density at radius 2 is 2.18 bits per heavy atom. The normalized spacial score (nSPS) is 10.8. The lowest BCUT2D eigenvalue weighted by Crippen LogP contribution is -2.13. The van der Waals surface area contributed by atoms with Crippen LogP contribution in [0.25, 0.3) is 6.08 Å². The molecule has 8 heteroatoms. The minimum Gasteiger partial charge on any atom is -0.320 e. The SMILES string of the molecule is N#C/C(=C/c1csc([N+](=O)[O-])c1)C(=O)Nc1ccccc1Cl. The van der Waals surface area contributed by atoms with E-state index in [4.69, 9.17) is 16.9 Å². The van der Waals surface area contributed by atoms with E-state index in [-0.39, 0.29) is 10.6 Å². The number of hydrogen-bond acceptors (Lipinski definition) is 5. The van der Waals surface area contributed by atoms with Gasteiger partial charge in [0.25, 0.3) is 5.91 Å². The Bertz CT molecular complexity index is 808. The van der Waals surface area contributed by atoms with E-state index in [0.29, 0.717) is 16.3 Å². The van der Waals surface area contributed by atoms with E-state index in [0.717, 1.165) is 11.3 Å². The summed E-state index contributed by atoms with van der Waals surface area (Å²) in [6.07, 6.45) is 1.29. The third kappa shape index (κ3) is 3.69. The number of nitrogens with zero attached hydrogens (tertiary/aromatic N) is 2. The smallest absolute Gasteiger partial charge is 0.320 e. The second-order valence-corrected chi connectivity index (χ2v) is 5.38. The molecule has 1 amide bonds. The summed E-state index contributed by atoms with van der Waals surface area (Å²) in [5.74, 6) is -0.635. The summed E-state index contributed by atoms with van der Waals surface area (Å²) in [5.41, 5.74) is 0.627. The Hall–Kier alpha value is -2.69. The van der Waals surface area contributed by atoms with Gasteiger partial charge in [0.05, 0.1) is 15.6 Å². The third-order valence-corrected chi connectivity index (χ3v) is 3.81. The fourth-order valence-electron chi connectivity index (χ4n) is 1.58. The number of hydrogen-bond donors (Lipinski definition) is 1. The van der Waals surface area contributed by atoms with Crippen LogP contribution in [0, 0.1) is 21.4 Å². The lowest BCUT2D eigenvalue weighted by Gasteiger charge is -2.05. The van der Waals surface area contributed by atoms with Crippen molar-refractivity contribution in [3.05, 3.63) is 62.0 Å². The van der Waals surface area contributed by atoms with E-state index >= 15 is 0 Å². The van der Waals surface area contributed by atoms with E-state index in [1.807, 2.05) is 0 Å². The fraction of sp³-hybridized carbons (Fsp3) is 0. The number of carbonyl (C=O) groups excluding carboxylic acids is 1. The average Bonchev–Trinajstić information content (AvgIpc) is 2.96. The van der Waals surface area contributed by atoms with Gasteiger partial charge in [-0.2, -0.15) is 5.26 Å². The van der Waals surface area contributed by atoms with Crippen molar-refractivity contribution >= 4 is 45.6 Å². The molecule has 0 aliphatic carbocycles. The van der Waals surface area contributed by atoms with Gasteiger partial charge in [-0.15, -0.1) is 0 Å². The molecule has 1 aromatic carbocycles. The van der Waals surface area contributed by atoms with Gasteiger partial charge in [0.1, 0.15) is 11.6 Å². The van der Waals surface area contributed by atoms with Gasteiger partial charge in [0.2, 0.25) is 0 Å². The molecule has 0 atom stereocenters. The summed E-state index contributed by atoms with van der Waals surface area (Å²) in [7, 11) is 0. The van der Waals surface area contributed by atoms with Crippen LogP contribution in [0.15, 0.2) is 41.3 Å². The van der Waals surface area contributed by atoms with Crippen LogP contribution in [0.4, 0.5) is 10.7 Å². The number of anilines is 1. The molecule has 110 valence electrons. The molecule has 0 saturated heterocycles. The highest BCUT2D eigenvalue weighted by Crippen LogP contribution is 2.25. The molecular formula is C14H8ClN3O3S. The van der Waals surface area contributed by atoms with Gasteiger partial charge in [-0.1, -0.05) is 35.1 Å². The number of nitriles is 1. The molecule has 1 N–H and O–H groups in total.